The van der Waals surface area contributed by atoms with Crippen LogP contribution in [-0.4, -0.2) is 20.3 Å². The van der Waals surface area contributed by atoms with Crippen LogP contribution in [0.2, 0.25) is 0 Å². The van der Waals surface area contributed by atoms with E-state index in [9.17, 15) is 8.42 Å². The highest BCUT2D eigenvalue weighted by Crippen LogP contribution is 2.23. The maximum absolute atomic E-state index is 11.9. The molecule has 0 aromatic rings. The van der Waals surface area contributed by atoms with Crippen molar-refractivity contribution < 1.29 is 12.6 Å². The second kappa shape index (κ2) is 15.0. The van der Waals surface area contributed by atoms with Gasteiger partial charge in [0.25, 0.3) is 10.1 Å². The zero-order chi connectivity index (χ0) is 18.2. The van der Waals surface area contributed by atoms with Gasteiger partial charge in [0.2, 0.25) is 0 Å². The van der Waals surface area contributed by atoms with E-state index in [-0.39, 0.29) is 11.9 Å². The highest BCUT2D eigenvalue weighted by molar-refractivity contribution is 7.86. The molecule has 0 amide bonds. The van der Waals surface area contributed by atoms with E-state index in [0.717, 1.165) is 44.9 Å². The highest BCUT2D eigenvalue weighted by Gasteiger charge is 2.22. The maximum Gasteiger partial charge on any atom is 0.267 e. The first kappa shape index (κ1) is 23.0. The fourth-order valence-electron chi connectivity index (χ4n) is 3.71. The predicted molar refractivity (Wildman–Crippen MR) is 107 cm³/mol. The lowest BCUT2D eigenvalue weighted by Gasteiger charge is -2.11. The third-order valence-electron chi connectivity index (χ3n) is 5.33. The van der Waals surface area contributed by atoms with Gasteiger partial charge in [-0.2, -0.15) is 8.42 Å². The van der Waals surface area contributed by atoms with E-state index in [0.29, 0.717) is 0 Å². The molecule has 0 N–H and O–H groups in total. The molecule has 0 aromatic heterocycles. The van der Waals surface area contributed by atoms with E-state index in [4.69, 9.17) is 4.18 Å². The van der Waals surface area contributed by atoms with Crippen molar-refractivity contribution in [2.45, 2.75) is 129 Å². The van der Waals surface area contributed by atoms with Crippen LogP contribution < -0.4 is 0 Å². The lowest BCUT2D eigenvalue weighted by atomic mass is 10.0. The van der Waals surface area contributed by atoms with E-state index in [1.54, 1.807) is 0 Å². The van der Waals surface area contributed by atoms with Crippen LogP contribution in [0.3, 0.4) is 0 Å². The average Bonchev–Trinajstić information content (AvgIpc) is 3.07. The summed E-state index contributed by atoms with van der Waals surface area (Å²) in [6.07, 6.45) is 22.0. The van der Waals surface area contributed by atoms with Crippen molar-refractivity contribution in [3.63, 3.8) is 0 Å². The Bertz CT molecular complexity index is 386. The van der Waals surface area contributed by atoms with Crippen LogP contribution in [0.5, 0.6) is 0 Å². The van der Waals surface area contributed by atoms with Gasteiger partial charge in [0.15, 0.2) is 0 Å². The van der Waals surface area contributed by atoms with Gasteiger partial charge in [-0.1, -0.05) is 103 Å². The zero-order valence-electron chi connectivity index (χ0n) is 16.6. The van der Waals surface area contributed by atoms with Crippen molar-refractivity contribution in [3.05, 3.63) is 0 Å². The van der Waals surface area contributed by atoms with Gasteiger partial charge in [0, 0.05) is 0 Å². The summed E-state index contributed by atoms with van der Waals surface area (Å²) >= 11 is 0. The molecule has 0 saturated heterocycles. The summed E-state index contributed by atoms with van der Waals surface area (Å²) in [5, 5.41) is 0. The molecule has 1 rings (SSSR count). The second-order valence-electron chi connectivity index (χ2n) is 7.86. The summed E-state index contributed by atoms with van der Waals surface area (Å²) < 4.78 is 29.1. The van der Waals surface area contributed by atoms with Gasteiger partial charge in [0.05, 0.1) is 11.9 Å². The normalized spacial score (nSPS) is 15.9. The van der Waals surface area contributed by atoms with Crippen molar-refractivity contribution in [1.29, 1.82) is 0 Å². The van der Waals surface area contributed by atoms with E-state index in [1.165, 1.54) is 70.6 Å². The van der Waals surface area contributed by atoms with Crippen LogP contribution >= 0.6 is 0 Å². The minimum atomic E-state index is -3.28. The molecular formula is C21H42O3S. The van der Waals surface area contributed by atoms with Crippen LogP contribution in [0, 0.1) is 0 Å². The molecule has 150 valence electrons. The molecular weight excluding hydrogens is 332 g/mol. The van der Waals surface area contributed by atoms with Crippen molar-refractivity contribution in [2.75, 3.05) is 5.75 Å². The Hall–Kier alpha value is -0.0900. The summed E-state index contributed by atoms with van der Waals surface area (Å²) in [4.78, 5) is 0. The maximum atomic E-state index is 11.9. The van der Waals surface area contributed by atoms with Crippen LogP contribution in [0.1, 0.15) is 122 Å². The first-order chi connectivity index (χ1) is 12.1. The lowest BCUT2D eigenvalue weighted by molar-refractivity contribution is 0.217. The van der Waals surface area contributed by atoms with Crippen molar-refractivity contribution in [2.24, 2.45) is 0 Å². The Morgan fingerprint density at radius 1 is 0.680 bits per heavy atom. The van der Waals surface area contributed by atoms with Gasteiger partial charge in [-0.25, -0.2) is 0 Å². The fraction of sp³-hybridized carbons (Fsp3) is 1.00. The average molecular weight is 375 g/mol. The number of hydrogen-bond acceptors (Lipinski definition) is 3. The Labute approximate surface area is 157 Å². The summed E-state index contributed by atoms with van der Waals surface area (Å²) in [5.41, 5.74) is 0. The third-order valence-corrected chi connectivity index (χ3v) is 6.69. The van der Waals surface area contributed by atoms with Gasteiger partial charge in [0.1, 0.15) is 0 Å². The van der Waals surface area contributed by atoms with Gasteiger partial charge in [-0.3, -0.25) is 4.18 Å². The van der Waals surface area contributed by atoms with E-state index >= 15 is 0 Å². The van der Waals surface area contributed by atoms with Crippen LogP contribution in [0.15, 0.2) is 0 Å². The molecule has 0 aromatic carbocycles. The van der Waals surface area contributed by atoms with Gasteiger partial charge in [-0.15, -0.1) is 0 Å². The number of hydrogen-bond donors (Lipinski definition) is 0. The zero-order valence-corrected chi connectivity index (χ0v) is 17.5. The third kappa shape index (κ3) is 13.7. The molecule has 0 unspecified atom stereocenters. The lowest BCUT2D eigenvalue weighted by Crippen LogP contribution is -2.18. The minimum Gasteiger partial charge on any atom is -0.267 e. The number of rotatable bonds is 17. The smallest absolute Gasteiger partial charge is 0.267 e. The SMILES string of the molecule is CCCCCCCCCCCCCCCCS(=O)(=O)OC1CCCC1. The monoisotopic (exact) mass is 374 g/mol. The Morgan fingerprint density at radius 3 is 1.52 bits per heavy atom. The van der Waals surface area contributed by atoms with Crippen LogP contribution in [0.4, 0.5) is 0 Å². The molecule has 0 atom stereocenters. The van der Waals surface area contributed by atoms with Crippen molar-refractivity contribution >= 4 is 10.1 Å². The van der Waals surface area contributed by atoms with E-state index in [2.05, 4.69) is 6.92 Å². The van der Waals surface area contributed by atoms with Crippen LogP contribution in [0.25, 0.3) is 0 Å². The topological polar surface area (TPSA) is 43.4 Å². The molecule has 25 heavy (non-hydrogen) atoms. The number of unbranched alkanes of at least 4 members (excludes halogenated alkanes) is 13. The summed E-state index contributed by atoms with van der Waals surface area (Å²) in [6, 6.07) is 0. The fourth-order valence-corrected chi connectivity index (χ4v) is 4.97. The summed E-state index contributed by atoms with van der Waals surface area (Å²) in [6.45, 7) is 2.27. The highest BCUT2D eigenvalue weighted by atomic mass is 32.2. The first-order valence-corrected chi connectivity index (χ1v) is 12.6. The second-order valence-corrected chi connectivity index (χ2v) is 9.58. The summed E-state index contributed by atoms with van der Waals surface area (Å²) in [5.74, 6) is 0.210. The molecule has 0 bridgehead atoms. The minimum absolute atomic E-state index is 0.0309. The molecule has 0 heterocycles. The summed E-state index contributed by atoms with van der Waals surface area (Å²) in [7, 11) is -3.28. The van der Waals surface area contributed by atoms with E-state index in [1.807, 2.05) is 0 Å². The molecule has 0 spiro atoms. The quantitative estimate of drug-likeness (QED) is 0.209. The molecule has 0 aliphatic heterocycles. The van der Waals surface area contributed by atoms with Gasteiger partial charge in [-0.05, 0) is 19.3 Å². The standard InChI is InChI=1S/C21H42O3S/c1-2-3-4-5-6-7-8-9-10-11-12-13-14-17-20-25(22,23)24-21-18-15-16-19-21/h21H,2-20H2,1H3. The van der Waals surface area contributed by atoms with Gasteiger partial charge < -0.3 is 0 Å². The molecule has 3 nitrogen and oxygen atoms in total. The van der Waals surface area contributed by atoms with Crippen LogP contribution in [-0.2, 0) is 14.3 Å². The Balaban J connectivity index is 1.81. The van der Waals surface area contributed by atoms with Crippen molar-refractivity contribution in [1.82, 2.24) is 0 Å². The molecule has 1 saturated carbocycles. The molecule has 4 heteroatoms. The Kier molecular flexibility index (Phi) is 13.8. The first-order valence-electron chi connectivity index (χ1n) is 11.0. The van der Waals surface area contributed by atoms with E-state index < -0.39 is 10.1 Å². The predicted octanol–water partition coefficient (Wildman–Crippen LogP) is 6.76. The molecule has 0 radical (unpaired) electrons. The Morgan fingerprint density at radius 2 is 1.08 bits per heavy atom. The van der Waals surface area contributed by atoms with Crippen molar-refractivity contribution in [3.8, 4) is 0 Å². The molecule has 1 aliphatic carbocycles. The molecule has 1 aliphatic rings. The van der Waals surface area contributed by atoms with Gasteiger partial charge >= 0.3 is 0 Å². The molecule has 1 fully saturated rings. The largest absolute Gasteiger partial charge is 0.267 e.